The third kappa shape index (κ3) is 1.77. The maximum Gasteiger partial charge on any atom is 0.144 e. The molecule has 4 heteroatoms. The van der Waals surface area contributed by atoms with Gasteiger partial charge in [0.2, 0.25) is 0 Å². The minimum atomic E-state index is -0.142. The van der Waals surface area contributed by atoms with Gasteiger partial charge in [-0.3, -0.25) is 4.79 Å². The lowest BCUT2D eigenvalue weighted by molar-refractivity contribution is -0.116. The molecule has 1 nitrogen and oxygen atoms in total. The molecule has 0 spiro atoms. The topological polar surface area (TPSA) is 17.1 Å². The van der Waals surface area contributed by atoms with E-state index in [1.165, 1.54) is 11.8 Å². The molecule has 10 heavy (non-hydrogen) atoms. The monoisotopic (exact) mass is 240 g/mol. The second-order valence-corrected chi connectivity index (χ2v) is 5.13. The van der Waals surface area contributed by atoms with Crippen LogP contribution in [0.25, 0.3) is 0 Å². The molecule has 1 aliphatic heterocycles. The number of thioether (sulfide) groups is 1. The van der Waals surface area contributed by atoms with Crippen molar-refractivity contribution < 1.29 is 4.79 Å². The Balaban J connectivity index is 2.63. The number of carbonyl (C=O) groups excluding carboxylic acids is 1. The maximum absolute atomic E-state index is 10.8. The van der Waals surface area contributed by atoms with E-state index < -0.39 is 0 Å². The average molecular weight is 242 g/mol. The van der Waals surface area contributed by atoms with Gasteiger partial charge in [-0.1, -0.05) is 0 Å². The molecule has 0 fully saturated rings. The molecule has 0 saturated carbocycles. The number of hydrogen-bond donors (Lipinski definition) is 0. The summed E-state index contributed by atoms with van der Waals surface area (Å²) in [4.78, 5) is 10.8. The number of allylic oxidation sites excluding steroid dienone is 1. The fourth-order valence-corrected chi connectivity index (χ4v) is 3.16. The Kier molecular flexibility index (Phi) is 2.83. The number of hydrogen-bond acceptors (Lipinski definition) is 2. The molecule has 0 aliphatic carbocycles. The molecular formula is C6H6BrClOS. The molecule has 56 valence electrons. The Morgan fingerprint density at radius 3 is 2.70 bits per heavy atom. The largest absolute Gasteiger partial charge is 0.299 e. The van der Waals surface area contributed by atoms with Gasteiger partial charge in [0, 0.05) is 3.81 Å². The summed E-state index contributed by atoms with van der Waals surface area (Å²) >= 11 is 10.6. The predicted octanol–water partition coefficient (Wildman–Crippen LogP) is 2.53. The maximum atomic E-state index is 10.8. The zero-order chi connectivity index (χ0) is 7.72. The lowest BCUT2D eigenvalue weighted by Crippen LogP contribution is -2.19. The highest BCUT2D eigenvalue weighted by Crippen LogP contribution is 2.39. The van der Waals surface area contributed by atoms with Gasteiger partial charge in [-0.2, -0.15) is 0 Å². The van der Waals surface area contributed by atoms with E-state index >= 15 is 0 Å². The molecule has 0 aromatic carbocycles. The van der Waals surface area contributed by atoms with E-state index in [-0.39, 0.29) is 16.4 Å². The molecule has 0 N–H and O–H groups in total. The lowest BCUT2D eigenvalue weighted by Gasteiger charge is -2.06. The van der Waals surface area contributed by atoms with Gasteiger partial charge in [0.05, 0.1) is 10.6 Å². The molecular weight excluding hydrogens is 235 g/mol. The van der Waals surface area contributed by atoms with Crippen LogP contribution in [0.2, 0.25) is 0 Å². The van der Waals surface area contributed by atoms with Gasteiger partial charge in [-0.25, -0.2) is 0 Å². The van der Waals surface area contributed by atoms with E-state index in [0.29, 0.717) is 0 Å². The summed E-state index contributed by atoms with van der Waals surface area (Å²) in [5, 5.41) is -0.229. The van der Waals surface area contributed by atoms with Crippen molar-refractivity contribution in [2.24, 2.45) is 0 Å². The van der Waals surface area contributed by atoms with Gasteiger partial charge >= 0.3 is 0 Å². The Morgan fingerprint density at radius 2 is 2.50 bits per heavy atom. The first-order chi connectivity index (χ1) is 4.61. The zero-order valence-corrected chi connectivity index (χ0v) is 8.46. The predicted molar refractivity (Wildman–Crippen MR) is 48.7 cm³/mol. The summed E-state index contributed by atoms with van der Waals surface area (Å²) in [5.41, 5.74) is 0. The van der Waals surface area contributed by atoms with Gasteiger partial charge in [0.1, 0.15) is 5.78 Å². The summed E-state index contributed by atoms with van der Waals surface area (Å²) in [6.07, 6.45) is 1.85. The molecule has 1 heterocycles. The molecule has 1 aliphatic rings. The summed E-state index contributed by atoms with van der Waals surface area (Å²) in [6.45, 7) is 1.56. The van der Waals surface area contributed by atoms with Crippen molar-refractivity contribution in [1.82, 2.24) is 0 Å². The number of alkyl halides is 1. The molecule has 0 radical (unpaired) electrons. The van der Waals surface area contributed by atoms with Crippen molar-refractivity contribution in [3.8, 4) is 0 Å². The quantitative estimate of drug-likeness (QED) is 0.656. The average Bonchev–Trinajstić information content (AvgIpc) is 2.10. The van der Waals surface area contributed by atoms with Crippen LogP contribution in [0, 0.1) is 0 Å². The number of carbonyl (C=O) groups is 1. The van der Waals surface area contributed by atoms with Crippen LogP contribution in [0.1, 0.15) is 6.92 Å². The molecule has 0 saturated heterocycles. The molecule has 2 atom stereocenters. The fourth-order valence-electron chi connectivity index (χ4n) is 0.745. The Morgan fingerprint density at radius 1 is 1.90 bits per heavy atom. The molecule has 0 amide bonds. The van der Waals surface area contributed by atoms with E-state index in [9.17, 15) is 4.79 Å². The second kappa shape index (κ2) is 3.28. The van der Waals surface area contributed by atoms with Gasteiger partial charge in [-0.05, 0) is 28.9 Å². The van der Waals surface area contributed by atoms with Crippen LogP contribution in [0.15, 0.2) is 9.89 Å². The smallest absolute Gasteiger partial charge is 0.144 e. The first kappa shape index (κ1) is 8.62. The minimum absolute atomic E-state index is 0.0870. The van der Waals surface area contributed by atoms with E-state index in [2.05, 4.69) is 15.9 Å². The standard InChI is InChI=1S/C6H6BrClOS/c1-3(9)6-4(8)2-5(7)10-6/h2,4,6H,1H3. The molecule has 0 bridgehead atoms. The van der Waals surface area contributed by atoms with Crippen molar-refractivity contribution in [3.05, 3.63) is 9.89 Å². The normalized spacial score (nSPS) is 32.1. The highest BCUT2D eigenvalue weighted by atomic mass is 79.9. The number of ketones is 1. The highest BCUT2D eigenvalue weighted by molar-refractivity contribution is 9.14. The molecule has 2 unspecified atom stereocenters. The van der Waals surface area contributed by atoms with Gasteiger partial charge in [-0.15, -0.1) is 23.4 Å². The summed E-state index contributed by atoms with van der Waals surface area (Å²) in [5.74, 6) is 0.135. The van der Waals surface area contributed by atoms with Gasteiger partial charge in [0.25, 0.3) is 0 Å². The third-order valence-corrected chi connectivity index (χ3v) is 3.81. The van der Waals surface area contributed by atoms with E-state index in [1.54, 1.807) is 6.92 Å². The van der Waals surface area contributed by atoms with Crippen LogP contribution >= 0.6 is 39.3 Å². The molecule has 0 aromatic heterocycles. The fraction of sp³-hybridized carbons (Fsp3) is 0.500. The van der Waals surface area contributed by atoms with Crippen LogP contribution in [-0.4, -0.2) is 16.4 Å². The van der Waals surface area contributed by atoms with Crippen molar-refractivity contribution in [1.29, 1.82) is 0 Å². The minimum Gasteiger partial charge on any atom is -0.299 e. The zero-order valence-electron chi connectivity index (χ0n) is 5.30. The van der Waals surface area contributed by atoms with Crippen molar-refractivity contribution >= 4 is 45.1 Å². The summed E-state index contributed by atoms with van der Waals surface area (Å²) < 4.78 is 0.965. The number of Topliss-reactive ketones (excluding diaryl/α,β-unsaturated/α-hetero) is 1. The van der Waals surface area contributed by atoms with Gasteiger partial charge < -0.3 is 0 Å². The number of rotatable bonds is 1. The molecule has 1 rings (SSSR count). The Labute approximate surface area is 77.3 Å². The molecule has 0 aromatic rings. The van der Waals surface area contributed by atoms with Gasteiger partial charge in [0.15, 0.2) is 0 Å². The lowest BCUT2D eigenvalue weighted by atomic mass is 10.2. The van der Waals surface area contributed by atoms with Crippen LogP contribution in [-0.2, 0) is 4.79 Å². The van der Waals surface area contributed by atoms with Crippen molar-refractivity contribution in [3.63, 3.8) is 0 Å². The van der Waals surface area contributed by atoms with E-state index in [0.717, 1.165) is 3.81 Å². The van der Waals surface area contributed by atoms with Crippen molar-refractivity contribution in [2.75, 3.05) is 0 Å². The first-order valence-corrected chi connectivity index (χ1v) is 4.90. The Bertz CT molecular complexity index is 192. The summed E-state index contributed by atoms with van der Waals surface area (Å²) in [7, 11) is 0. The van der Waals surface area contributed by atoms with E-state index in [4.69, 9.17) is 11.6 Å². The third-order valence-electron chi connectivity index (χ3n) is 1.22. The highest BCUT2D eigenvalue weighted by Gasteiger charge is 2.29. The number of halogens is 2. The second-order valence-electron chi connectivity index (χ2n) is 2.06. The SMILES string of the molecule is CC(=O)C1SC(Br)=CC1Cl. The summed E-state index contributed by atoms with van der Waals surface area (Å²) in [6, 6.07) is 0. The van der Waals surface area contributed by atoms with Crippen molar-refractivity contribution in [2.45, 2.75) is 17.6 Å². The van der Waals surface area contributed by atoms with E-state index in [1.807, 2.05) is 6.08 Å². The Hall–Kier alpha value is 0.530. The van der Waals surface area contributed by atoms with Crippen LogP contribution in [0.5, 0.6) is 0 Å². The van der Waals surface area contributed by atoms with Crippen LogP contribution in [0.4, 0.5) is 0 Å². The van der Waals surface area contributed by atoms with Crippen LogP contribution in [0.3, 0.4) is 0 Å². The van der Waals surface area contributed by atoms with Crippen LogP contribution < -0.4 is 0 Å². The first-order valence-electron chi connectivity index (χ1n) is 2.80.